The van der Waals surface area contributed by atoms with Crippen LogP contribution in [-0.2, 0) is 0 Å². The summed E-state index contributed by atoms with van der Waals surface area (Å²) in [5.41, 5.74) is 0.852. The standard InChI is InChI=1S/C15H14FNO4/c1-9-7-12(4-5-14(9)17(19)20)21-15-6-3-11(10(2)18)8-13(15)16/h3-8,10,18H,1-2H3/t10-/m0/s1. The maximum atomic E-state index is 13.9. The highest BCUT2D eigenvalue weighted by atomic mass is 19.1. The number of hydrogen-bond donors (Lipinski definition) is 1. The van der Waals surface area contributed by atoms with Gasteiger partial charge in [0.25, 0.3) is 5.69 Å². The summed E-state index contributed by atoms with van der Waals surface area (Å²) in [5, 5.41) is 20.1. The summed E-state index contributed by atoms with van der Waals surface area (Å²) in [6.07, 6.45) is -0.768. The zero-order valence-corrected chi connectivity index (χ0v) is 11.5. The molecule has 2 aromatic carbocycles. The van der Waals surface area contributed by atoms with E-state index in [4.69, 9.17) is 4.74 Å². The third-order valence-electron chi connectivity index (χ3n) is 3.03. The molecule has 0 aromatic heterocycles. The molecule has 0 aliphatic rings. The van der Waals surface area contributed by atoms with Gasteiger partial charge in [0.2, 0.25) is 0 Å². The number of aliphatic hydroxyl groups is 1. The van der Waals surface area contributed by atoms with Crippen molar-refractivity contribution >= 4 is 5.69 Å². The summed E-state index contributed by atoms with van der Waals surface area (Å²) < 4.78 is 19.2. The Kier molecular flexibility index (Phi) is 4.18. The molecule has 0 heterocycles. The van der Waals surface area contributed by atoms with Crippen molar-refractivity contribution in [1.82, 2.24) is 0 Å². The van der Waals surface area contributed by atoms with Crippen LogP contribution in [0.4, 0.5) is 10.1 Å². The minimum atomic E-state index is -0.768. The van der Waals surface area contributed by atoms with Crippen LogP contribution in [0.15, 0.2) is 36.4 Å². The zero-order chi connectivity index (χ0) is 15.6. The predicted molar refractivity (Wildman–Crippen MR) is 74.9 cm³/mol. The van der Waals surface area contributed by atoms with Gasteiger partial charge in [-0.15, -0.1) is 0 Å². The lowest BCUT2D eigenvalue weighted by Gasteiger charge is -2.10. The number of nitrogens with zero attached hydrogens (tertiary/aromatic N) is 1. The second-order valence-electron chi connectivity index (χ2n) is 4.67. The monoisotopic (exact) mass is 291 g/mol. The fourth-order valence-electron chi connectivity index (χ4n) is 1.88. The first-order chi connectivity index (χ1) is 9.88. The maximum absolute atomic E-state index is 13.9. The lowest BCUT2D eigenvalue weighted by molar-refractivity contribution is -0.385. The number of halogens is 1. The van der Waals surface area contributed by atoms with Gasteiger partial charge in [-0.05, 0) is 43.7 Å². The highest BCUT2D eigenvalue weighted by Gasteiger charge is 2.13. The molecule has 0 aliphatic heterocycles. The number of aliphatic hydroxyl groups excluding tert-OH is 1. The van der Waals surface area contributed by atoms with Gasteiger partial charge in [0.05, 0.1) is 11.0 Å². The van der Waals surface area contributed by atoms with E-state index < -0.39 is 16.8 Å². The highest BCUT2D eigenvalue weighted by Crippen LogP contribution is 2.29. The van der Waals surface area contributed by atoms with Gasteiger partial charge in [-0.1, -0.05) is 6.07 Å². The van der Waals surface area contributed by atoms with E-state index in [2.05, 4.69) is 0 Å². The van der Waals surface area contributed by atoms with E-state index in [1.807, 2.05) is 0 Å². The van der Waals surface area contributed by atoms with Crippen molar-refractivity contribution in [3.05, 3.63) is 63.5 Å². The Morgan fingerprint density at radius 1 is 1.29 bits per heavy atom. The van der Waals surface area contributed by atoms with Crippen molar-refractivity contribution in [2.24, 2.45) is 0 Å². The lowest BCUT2D eigenvalue weighted by Crippen LogP contribution is -1.96. The van der Waals surface area contributed by atoms with Crippen LogP contribution in [0.3, 0.4) is 0 Å². The quantitative estimate of drug-likeness (QED) is 0.685. The number of nitro benzene ring substituents is 1. The van der Waals surface area contributed by atoms with Gasteiger partial charge in [-0.25, -0.2) is 4.39 Å². The van der Waals surface area contributed by atoms with Crippen molar-refractivity contribution in [1.29, 1.82) is 0 Å². The second-order valence-corrected chi connectivity index (χ2v) is 4.67. The van der Waals surface area contributed by atoms with E-state index in [0.717, 1.165) is 0 Å². The minimum absolute atomic E-state index is 0.00680. The number of aryl methyl sites for hydroxylation is 1. The Hall–Kier alpha value is -2.47. The molecular formula is C15H14FNO4. The molecule has 110 valence electrons. The van der Waals surface area contributed by atoms with E-state index in [1.54, 1.807) is 13.0 Å². The molecule has 2 rings (SSSR count). The Labute approximate surface area is 120 Å². The van der Waals surface area contributed by atoms with Crippen LogP contribution in [0.1, 0.15) is 24.2 Å². The lowest BCUT2D eigenvalue weighted by atomic mass is 10.1. The largest absolute Gasteiger partial charge is 0.454 e. The summed E-state index contributed by atoms with van der Waals surface area (Å²) in [6, 6.07) is 8.35. The molecule has 0 spiro atoms. The second kappa shape index (κ2) is 5.88. The number of rotatable bonds is 4. The third kappa shape index (κ3) is 3.35. The van der Waals surface area contributed by atoms with Gasteiger partial charge < -0.3 is 9.84 Å². The summed E-state index contributed by atoms with van der Waals surface area (Å²) >= 11 is 0. The van der Waals surface area contributed by atoms with Crippen LogP contribution in [-0.4, -0.2) is 10.0 Å². The van der Waals surface area contributed by atoms with E-state index in [1.165, 1.54) is 37.3 Å². The van der Waals surface area contributed by atoms with Crippen LogP contribution >= 0.6 is 0 Å². The van der Waals surface area contributed by atoms with Crippen molar-refractivity contribution in [3.8, 4) is 11.5 Å². The number of nitro groups is 1. The van der Waals surface area contributed by atoms with E-state index in [9.17, 15) is 19.6 Å². The average molecular weight is 291 g/mol. The van der Waals surface area contributed by atoms with Crippen molar-refractivity contribution in [2.45, 2.75) is 20.0 Å². The molecule has 5 nitrogen and oxygen atoms in total. The van der Waals surface area contributed by atoms with Crippen LogP contribution < -0.4 is 4.74 Å². The minimum Gasteiger partial charge on any atom is -0.454 e. The smallest absolute Gasteiger partial charge is 0.272 e. The molecule has 2 aromatic rings. The first-order valence-corrected chi connectivity index (χ1v) is 6.29. The average Bonchev–Trinajstić information content (AvgIpc) is 2.40. The van der Waals surface area contributed by atoms with Gasteiger partial charge >= 0.3 is 0 Å². The SMILES string of the molecule is Cc1cc(Oc2ccc([C@H](C)O)cc2F)ccc1[N+](=O)[O-]. The Morgan fingerprint density at radius 2 is 2.00 bits per heavy atom. The third-order valence-corrected chi connectivity index (χ3v) is 3.03. The number of hydrogen-bond acceptors (Lipinski definition) is 4. The van der Waals surface area contributed by atoms with Crippen molar-refractivity contribution < 1.29 is 19.2 Å². The van der Waals surface area contributed by atoms with Gasteiger partial charge in [-0.3, -0.25) is 10.1 Å². The number of benzene rings is 2. The topological polar surface area (TPSA) is 72.6 Å². The summed E-state index contributed by atoms with van der Waals surface area (Å²) in [4.78, 5) is 10.2. The van der Waals surface area contributed by atoms with Crippen LogP contribution in [0.5, 0.6) is 11.5 Å². The normalized spacial score (nSPS) is 12.0. The Balaban J connectivity index is 2.26. The molecule has 0 amide bonds. The van der Waals surface area contributed by atoms with Crippen LogP contribution in [0.25, 0.3) is 0 Å². The Bertz CT molecular complexity index is 685. The fourth-order valence-corrected chi connectivity index (χ4v) is 1.88. The molecule has 21 heavy (non-hydrogen) atoms. The maximum Gasteiger partial charge on any atom is 0.272 e. The molecule has 6 heteroatoms. The highest BCUT2D eigenvalue weighted by molar-refractivity contribution is 5.45. The van der Waals surface area contributed by atoms with Gasteiger partial charge in [0.1, 0.15) is 5.75 Å². The molecule has 0 fully saturated rings. The van der Waals surface area contributed by atoms with Crippen molar-refractivity contribution in [2.75, 3.05) is 0 Å². The predicted octanol–water partition coefficient (Wildman–Crippen LogP) is 3.89. The molecule has 0 saturated heterocycles. The summed E-state index contributed by atoms with van der Waals surface area (Å²) in [7, 11) is 0. The van der Waals surface area contributed by atoms with Crippen molar-refractivity contribution in [3.63, 3.8) is 0 Å². The molecule has 0 bridgehead atoms. The Morgan fingerprint density at radius 3 is 2.52 bits per heavy atom. The summed E-state index contributed by atoms with van der Waals surface area (Å²) in [6.45, 7) is 3.12. The molecule has 0 unspecified atom stereocenters. The molecule has 0 aliphatic carbocycles. The molecule has 0 saturated carbocycles. The zero-order valence-electron chi connectivity index (χ0n) is 11.5. The first kappa shape index (κ1) is 14.9. The number of ether oxygens (including phenoxy) is 1. The van der Waals surface area contributed by atoms with Gasteiger partial charge in [0, 0.05) is 11.6 Å². The van der Waals surface area contributed by atoms with Gasteiger partial charge in [0.15, 0.2) is 11.6 Å². The van der Waals surface area contributed by atoms with Gasteiger partial charge in [-0.2, -0.15) is 0 Å². The summed E-state index contributed by atoms with van der Waals surface area (Å²) in [5.74, 6) is -0.307. The fraction of sp³-hybridized carbons (Fsp3) is 0.200. The van der Waals surface area contributed by atoms with Crippen LogP contribution in [0, 0.1) is 22.9 Å². The molecule has 1 atom stereocenters. The molecule has 1 N–H and O–H groups in total. The van der Waals surface area contributed by atoms with Crippen LogP contribution in [0.2, 0.25) is 0 Å². The van der Waals surface area contributed by atoms with E-state index in [-0.39, 0.29) is 11.4 Å². The first-order valence-electron chi connectivity index (χ1n) is 6.29. The van der Waals surface area contributed by atoms with E-state index >= 15 is 0 Å². The molecular weight excluding hydrogens is 277 g/mol. The van der Waals surface area contributed by atoms with E-state index in [0.29, 0.717) is 16.9 Å². The molecule has 0 radical (unpaired) electrons.